The Morgan fingerprint density at radius 2 is 1.95 bits per heavy atom. The second-order valence-corrected chi connectivity index (χ2v) is 5.53. The molecule has 0 saturated carbocycles. The lowest BCUT2D eigenvalue weighted by molar-refractivity contribution is -0.386. The molecule has 0 unspecified atom stereocenters. The van der Waals surface area contributed by atoms with Crippen molar-refractivity contribution in [1.82, 2.24) is 0 Å². The third kappa shape index (κ3) is 3.24. The zero-order valence-corrected chi connectivity index (χ0v) is 13.0. The average molecular weight is 343 g/mol. The van der Waals surface area contributed by atoms with Gasteiger partial charge in [-0.2, -0.15) is 5.90 Å². The van der Waals surface area contributed by atoms with Gasteiger partial charge in [0.2, 0.25) is 0 Å². The van der Waals surface area contributed by atoms with E-state index in [1.54, 1.807) is 19.1 Å². The molecule has 0 spiro atoms. The molecule has 8 heteroatoms. The van der Waals surface area contributed by atoms with Crippen LogP contribution in [-0.2, 0) is 6.42 Å². The highest BCUT2D eigenvalue weighted by molar-refractivity contribution is 6.35. The molecule has 2 aromatic rings. The normalized spacial score (nSPS) is 10.5. The summed E-state index contributed by atoms with van der Waals surface area (Å²) in [6.07, 6.45) is 0.143. The first-order valence-electron chi connectivity index (χ1n) is 6.15. The van der Waals surface area contributed by atoms with Gasteiger partial charge in [0.25, 0.3) is 0 Å². The lowest BCUT2D eigenvalue weighted by atomic mass is 10.0. The van der Waals surface area contributed by atoms with Crippen LogP contribution in [0.2, 0.25) is 10.0 Å². The van der Waals surface area contributed by atoms with Gasteiger partial charge in [0.15, 0.2) is 11.5 Å². The molecule has 0 saturated heterocycles. The maximum absolute atomic E-state index is 11.0. The van der Waals surface area contributed by atoms with Crippen LogP contribution < -0.4 is 10.7 Å². The number of phenolic OH excluding ortho intramolecular Hbond substituents is 1. The van der Waals surface area contributed by atoms with Gasteiger partial charge in [-0.15, -0.1) is 0 Å². The van der Waals surface area contributed by atoms with Crippen molar-refractivity contribution < 1.29 is 14.9 Å². The van der Waals surface area contributed by atoms with E-state index in [2.05, 4.69) is 4.84 Å². The standard InChI is InChI=1S/C14H12Cl2N2O4/c1-7-2-9(14(19)11(3-7)18(20)21)4-8-5-10(15)6-12(22-17)13(8)16/h2-3,5-6,19H,4,17H2,1H3. The van der Waals surface area contributed by atoms with Crippen molar-refractivity contribution in [3.8, 4) is 11.5 Å². The van der Waals surface area contributed by atoms with E-state index in [0.29, 0.717) is 21.7 Å². The Kier molecular flexibility index (Phi) is 4.75. The number of nitro benzene ring substituents is 1. The number of nitrogens with zero attached hydrogens (tertiary/aromatic N) is 1. The highest BCUT2D eigenvalue weighted by Gasteiger charge is 2.20. The van der Waals surface area contributed by atoms with Crippen LogP contribution in [0.5, 0.6) is 11.5 Å². The molecule has 0 heterocycles. The molecule has 6 nitrogen and oxygen atoms in total. The van der Waals surface area contributed by atoms with E-state index in [1.165, 1.54) is 12.1 Å². The SMILES string of the molecule is Cc1cc(Cc2cc(Cl)cc(ON)c2Cl)c(O)c([N+](=O)[O-])c1. The van der Waals surface area contributed by atoms with E-state index in [4.69, 9.17) is 29.1 Å². The Labute approximate surface area is 136 Å². The van der Waals surface area contributed by atoms with Gasteiger partial charge in [-0.25, -0.2) is 0 Å². The van der Waals surface area contributed by atoms with Crippen molar-refractivity contribution in [3.05, 3.63) is 61.1 Å². The molecule has 3 N–H and O–H groups in total. The number of nitrogens with two attached hydrogens (primary N) is 1. The third-order valence-electron chi connectivity index (χ3n) is 3.10. The Balaban J connectivity index is 2.52. The van der Waals surface area contributed by atoms with Crippen LogP contribution in [0.25, 0.3) is 0 Å². The molecule has 0 atom stereocenters. The van der Waals surface area contributed by atoms with Gasteiger partial charge < -0.3 is 9.94 Å². The van der Waals surface area contributed by atoms with Crippen LogP contribution in [0.4, 0.5) is 5.69 Å². The minimum atomic E-state index is -0.639. The summed E-state index contributed by atoms with van der Waals surface area (Å²) in [7, 11) is 0. The molecule has 0 aliphatic rings. The minimum Gasteiger partial charge on any atom is -0.502 e. The van der Waals surface area contributed by atoms with Crippen LogP contribution in [0.1, 0.15) is 16.7 Å². The van der Waals surface area contributed by atoms with Gasteiger partial charge in [-0.1, -0.05) is 29.3 Å². The lowest BCUT2D eigenvalue weighted by Gasteiger charge is -2.11. The van der Waals surface area contributed by atoms with Gasteiger partial charge in [-0.05, 0) is 24.1 Å². The van der Waals surface area contributed by atoms with E-state index < -0.39 is 10.7 Å². The molecular formula is C14H12Cl2N2O4. The molecule has 0 fully saturated rings. The second-order valence-electron chi connectivity index (χ2n) is 4.72. The predicted octanol–water partition coefficient (Wildman–Crippen LogP) is 3.76. The van der Waals surface area contributed by atoms with Crippen LogP contribution in [-0.4, -0.2) is 10.0 Å². The summed E-state index contributed by atoms with van der Waals surface area (Å²) in [4.78, 5) is 15.0. The Morgan fingerprint density at radius 1 is 1.27 bits per heavy atom. The summed E-state index contributed by atoms with van der Waals surface area (Å²) in [6, 6.07) is 5.97. The van der Waals surface area contributed by atoms with Crippen molar-refractivity contribution in [2.24, 2.45) is 5.90 Å². The van der Waals surface area contributed by atoms with Crippen molar-refractivity contribution in [2.45, 2.75) is 13.3 Å². The number of benzene rings is 2. The molecule has 0 amide bonds. The van der Waals surface area contributed by atoms with Crippen LogP contribution in [0, 0.1) is 17.0 Å². The second kappa shape index (κ2) is 6.39. The smallest absolute Gasteiger partial charge is 0.311 e. The van der Waals surface area contributed by atoms with E-state index in [-0.39, 0.29) is 22.9 Å². The predicted molar refractivity (Wildman–Crippen MR) is 83.6 cm³/mol. The summed E-state index contributed by atoms with van der Waals surface area (Å²) in [6.45, 7) is 1.70. The van der Waals surface area contributed by atoms with Gasteiger partial charge in [0.05, 0.1) is 9.95 Å². The summed E-state index contributed by atoms with van der Waals surface area (Å²) in [5, 5.41) is 21.6. The Bertz CT molecular complexity index is 750. The molecule has 0 aliphatic carbocycles. The Morgan fingerprint density at radius 3 is 2.55 bits per heavy atom. The molecule has 116 valence electrons. The topological polar surface area (TPSA) is 98.6 Å². The highest BCUT2D eigenvalue weighted by atomic mass is 35.5. The van der Waals surface area contributed by atoms with Crippen LogP contribution in [0.15, 0.2) is 24.3 Å². The summed E-state index contributed by atoms with van der Waals surface area (Å²) < 4.78 is 0. The number of rotatable bonds is 4. The fourth-order valence-electron chi connectivity index (χ4n) is 2.15. The molecule has 0 aliphatic heterocycles. The van der Waals surface area contributed by atoms with Gasteiger partial charge in [-0.3, -0.25) is 10.1 Å². The maximum Gasteiger partial charge on any atom is 0.311 e. The number of hydrogen-bond acceptors (Lipinski definition) is 5. The highest BCUT2D eigenvalue weighted by Crippen LogP contribution is 2.37. The Hall–Kier alpha value is -2.02. The number of phenols is 1. The number of nitro groups is 1. The first-order chi connectivity index (χ1) is 10.3. The fourth-order valence-corrected chi connectivity index (χ4v) is 2.60. The van der Waals surface area contributed by atoms with E-state index in [9.17, 15) is 15.2 Å². The molecule has 0 aromatic heterocycles. The minimum absolute atomic E-state index is 0.143. The first kappa shape index (κ1) is 16.4. The number of aryl methyl sites for hydroxylation is 1. The summed E-state index contributed by atoms with van der Waals surface area (Å²) in [5.41, 5.74) is 1.18. The largest absolute Gasteiger partial charge is 0.502 e. The van der Waals surface area contributed by atoms with Crippen molar-refractivity contribution in [1.29, 1.82) is 0 Å². The quantitative estimate of drug-likeness (QED) is 0.650. The molecular weight excluding hydrogens is 331 g/mol. The lowest BCUT2D eigenvalue weighted by Crippen LogP contribution is -2.04. The maximum atomic E-state index is 11.0. The zero-order valence-electron chi connectivity index (χ0n) is 11.5. The van der Waals surface area contributed by atoms with Gasteiger partial charge >= 0.3 is 5.69 Å². The first-order valence-corrected chi connectivity index (χ1v) is 6.90. The monoisotopic (exact) mass is 342 g/mol. The molecule has 0 bridgehead atoms. The number of hydrogen-bond donors (Lipinski definition) is 2. The van der Waals surface area contributed by atoms with Crippen LogP contribution >= 0.6 is 23.2 Å². The van der Waals surface area contributed by atoms with E-state index >= 15 is 0 Å². The summed E-state index contributed by atoms with van der Waals surface area (Å²) >= 11 is 12.1. The number of aromatic hydroxyl groups is 1. The molecule has 0 radical (unpaired) electrons. The summed E-state index contributed by atoms with van der Waals surface area (Å²) in [5.74, 6) is 4.90. The van der Waals surface area contributed by atoms with Crippen molar-refractivity contribution >= 4 is 28.9 Å². The average Bonchev–Trinajstić information content (AvgIpc) is 2.45. The molecule has 22 heavy (non-hydrogen) atoms. The fraction of sp³-hybridized carbons (Fsp3) is 0.143. The zero-order chi connectivity index (χ0) is 16.4. The van der Waals surface area contributed by atoms with Gasteiger partial charge in [0.1, 0.15) is 0 Å². The van der Waals surface area contributed by atoms with Crippen molar-refractivity contribution in [3.63, 3.8) is 0 Å². The van der Waals surface area contributed by atoms with Crippen LogP contribution in [0.3, 0.4) is 0 Å². The third-order valence-corrected chi connectivity index (χ3v) is 3.74. The molecule has 2 rings (SSSR count). The number of halogens is 2. The van der Waals surface area contributed by atoms with E-state index in [0.717, 1.165) is 0 Å². The van der Waals surface area contributed by atoms with Gasteiger partial charge in [0, 0.05) is 29.1 Å². The van der Waals surface area contributed by atoms with Crippen molar-refractivity contribution in [2.75, 3.05) is 0 Å². The molecule has 2 aromatic carbocycles. The van der Waals surface area contributed by atoms with E-state index in [1.807, 2.05) is 0 Å².